The van der Waals surface area contributed by atoms with Gasteiger partial charge in [0.25, 0.3) is 5.91 Å². The quantitative estimate of drug-likeness (QED) is 0.409. The minimum atomic E-state index is -0.602. The van der Waals surface area contributed by atoms with Gasteiger partial charge in [0.05, 0.1) is 25.0 Å². The molecule has 188 valence electrons. The molecule has 2 amide bonds. The van der Waals surface area contributed by atoms with Gasteiger partial charge in [-0.25, -0.2) is 4.79 Å². The second kappa shape index (κ2) is 14.0. The van der Waals surface area contributed by atoms with Gasteiger partial charge in [-0.05, 0) is 54.8 Å². The number of amides is 2. The molecule has 0 unspecified atom stereocenters. The number of hydrogen-bond donors (Lipinski definition) is 2. The van der Waals surface area contributed by atoms with E-state index in [1.807, 2.05) is 13.8 Å². The molecule has 9 nitrogen and oxygen atoms in total. The van der Waals surface area contributed by atoms with Crippen LogP contribution in [0.2, 0.25) is 5.02 Å². The van der Waals surface area contributed by atoms with Crippen LogP contribution in [-0.2, 0) is 23.9 Å². The largest absolute Gasteiger partial charge is 0.495 e. The first kappa shape index (κ1) is 27.7. The minimum Gasteiger partial charge on any atom is -0.495 e. The Morgan fingerprint density at radius 2 is 1.63 bits per heavy atom. The lowest BCUT2D eigenvalue weighted by Crippen LogP contribution is -2.21. The van der Waals surface area contributed by atoms with Crippen LogP contribution in [0.5, 0.6) is 5.75 Å². The Bertz CT molecular complexity index is 1040. The van der Waals surface area contributed by atoms with Gasteiger partial charge >= 0.3 is 11.9 Å². The summed E-state index contributed by atoms with van der Waals surface area (Å²) in [6.45, 7) is 3.75. The van der Waals surface area contributed by atoms with Crippen LogP contribution >= 0.6 is 11.6 Å². The molecule has 2 aromatic carbocycles. The zero-order valence-corrected chi connectivity index (χ0v) is 20.6. The molecular formula is C25H29ClN2O7. The van der Waals surface area contributed by atoms with Crippen LogP contribution in [0.4, 0.5) is 11.4 Å². The van der Waals surface area contributed by atoms with Crippen LogP contribution in [-0.4, -0.2) is 44.1 Å². The zero-order chi connectivity index (χ0) is 25.8. The summed E-state index contributed by atoms with van der Waals surface area (Å²) >= 11 is 5.92. The molecule has 0 radical (unpaired) electrons. The summed E-state index contributed by atoms with van der Waals surface area (Å²) in [4.78, 5) is 48.0. The third kappa shape index (κ3) is 10.1. The molecule has 0 aliphatic rings. The van der Waals surface area contributed by atoms with Gasteiger partial charge in [-0.1, -0.05) is 25.4 Å². The molecule has 0 bridgehead atoms. The lowest BCUT2D eigenvalue weighted by Gasteiger charge is -2.11. The van der Waals surface area contributed by atoms with E-state index < -0.39 is 24.5 Å². The van der Waals surface area contributed by atoms with Gasteiger partial charge in [0, 0.05) is 23.6 Å². The zero-order valence-electron chi connectivity index (χ0n) is 19.9. The molecule has 0 aliphatic heterocycles. The minimum absolute atomic E-state index is 0.0260. The highest BCUT2D eigenvalue weighted by Gasteiger charge is 2.13. The summed E-state index contributed by atoms with van der Waals surface area (Å²) in [5.74, 6) is -1.21. The number of benzene rings is 2. The Hall–Kier alpha value is -3.59. The van der Waals surface area contributed by atoms with E-state index in [4.69, 9.17) is 25.8 Å². The van der Waals surface area contributed by atoms with Gasteiger partial charge < -0.3 is 24.8 Å². The predicted octanol–water partition coefficient (Wildman–Crippen LogP) is 4.45. The first-order chi connectivity index (χ1) is 16.7. The molecule has 0 saturated carbocycles. The molecule has 0 saturated heterocycles. The molecule has 0 atom stereocenters. The monoisotopic (exact) mass is 504 g/mol. The van der Waals surface area contributed by atoms with Crippen molar-refractivity contribution in [2.75, 3.05) is 31.0 Å². The van der Waals surface area contributed by atoms with Crippen LogP contribution in [0.15, 0.2) is 42.5 Å². The molecule has 0 aromatic heterocycles. The third-order valence-electron chi connectivity index (χ3n) is 4.54. The van der Waals surface area contributed by atoms with Gasteiger partial charge in [-0.2, -0.15) is 0 Å². The van der Waals surface area contributed by atoms with Crippen LogP contribution in [0.3, 0.4) is 0 Å². The standard InChI is InChI=1S/C25H29ClN2O7/c1-16(2)14-35-25(32)17-7-10-19(11-8-17)27-22(29)5-4-6-24(31)34-15-23(30)28-20-13-18(26)9-12-21(20)33-3/h7-13,16H,4-6,14-15H2,1-3H3,(H,27,29)(H,28,30). The number of rotatable bonds is 12. The van der Waals surface area contributed by atoms with Gasteiger partial charge in [-0.3, -0.25) is 14.4 Å². The number of esters is 2. The summed E-state index contributed by atoms with van der Waals surface area (Å²) in [7, 11) is 1.45. The normalized spacial score (nSPS) is 10.4. The van der Waals surface area contributed by atoms with E-state index in [9.17, 15) is 19.2 Å². The maximum atomic E-state index is 12.1. The van der Waals surface area contributed by atoms with Gasteiger partial charge in [0.1, 0.15) is 5.75 Å². The van der Waals surface area contributed by atoms with Crippen LogP contribution < -0.4 is 15.4 Å². The number of anilines is 2. The Morgan fingerprint density at radius 3 is 2.29 bits per heavy atom. The molecule has 35 heavy (non-hydrogen) atoms. The van der Waals surface area contributed by atoms with Crippen molar-refractivity contribution < 1.29 is 33.4 Å². The van der Waals surface area contributed by atoms with Crippen LogP contribution in [0, 0.1) is 5.92 Å². The van der Waals surface area contributed by atoms with Gasteiger partial charge in [0.2, 0.25) is 5.91 Å². The topological polar surface area (TPSA) is 120 Å². The maximum Gasteiger partial charge on any atom is 0.338 e. The average Bonchev–Trinajstić information content (AvgIpc) is 2.82. The summed E-state index contributed by atoms with van der Waals surface area (Å²) in [5.41, 5.74) is 1.27. The van der Waals surface area contributed by atoms with E-state index in [1.165, 1.54) is 13.2 Å². The maximum absolute atomic E-state index is 12.1. The summed E-state index contributed by atoms with van der Waals surface area (Å²) < 4.78 is 15.2. The van der Waals surface area contributed by atoms with Gasteiger partial charge in [0.15, 0.2) is 6.61 Å². The van der Waals surface area contributed by atoms with Crippen LogP contribution in [0.1, 0.15) is 43.5 Å². The first-order valence-electron chi connectivity index (χ1n) is 11.0. The SMILES string of the molecule is COc1ccc(Cl)cc1NC(=O)COC(=O)CCCC(=O)Nc1ccc(C(=O)OCC(C)C)cc1. The van der Waals surface area contributed by atoms with Crippen molar-refractivity contribution in [3.8, 4) is 5.75 Å². The van der Waals surface area contributed by atoms with E-state index in [0.29, 0.717) is 34.3 Å². The number of halogens is 1. The average molecular weight is 505 g/mol. The van der Waals surface area contributed by atoms with Crippen LogP contribution in [0.25, 0.3) is 0 Å². The fourth-order valence-electron chi connectivity index (χ4n) is 2.81. The third-order valence-corrected chi connectivity index (χ3v) is 4.77. The van der Waals surface area contributed by atoms with E-state index in [1.54, 1.807) is 36.4 Å². The molecule has 2 aromatic rings. The number of ether oxygens (including phenoxy) is 3. The fraction of sp³-hybridized carbons (Fsp3) is 0.360. The Labute approximate surface area is 209 Å². The smallest absolute Gasteiger partial charge is 0.338 e. The number of carbonyl (C=O) groups excluding carboxylic acids is 4. The molecule has 0 heterocycles. The number of carbonyl (C=O) groups is 4. The molecule has 2 rings (SSSR count). The Kier molecular flexibility index (Phi) is 11.0. The molecule has 0 aliphatic carbocycles. The lowest BCUT2D eigenvalue weighted by molar-refractivity contribution is -0.147. The molecule has 0 spiro atoms. The summed E-state index contributed by atoms with van der Waals surface area (Å²) in [5, 5.41) is 5.67. The van der Waals surface area contributed by atoms with Crippen molar-refractivity contribution in [2.45, 2.75) is 33.1 Å². The van der Waals surface area contributed by atoms with Crippen molar-refractivity contribution in [3.05, 3.63) is 53.1 Å². The van der Waals surface area contributed by atoms with E-state index >= 15 is 0 Å². The van der Waals surface area contributed by atoms with E-state index in [2.05, 4.69) is 10.6 Å². The summed E-state index contributed by atoms with van der Waals surface area (Å²) in [6, 6.07) is 11.1. The highest BCUT2D eigenvalue weighted by molar-refractivity contribution is 6.31. The van der Waals surface area contributed by atoms with Gasteiger partial charge in [-0.15, -0.1) is 0 Å². The molecule has 2 N–H and O–H groups in total. The highest BCUT2D eigenvalue weighted by Crippen LogP contribution is 2.27. The first-order valence-corrected chi connectivity index (χ1v) is 11.4. The fourth-order valence-corrected chi connectivity index (χ4v) is 2.99. The molecule has 10 heteroatoms. The number of methoxy groups -OCH3 is 1. The lowest BCUT2D eigenvalue weighted by atomic mass is 10.2. The molecule has 0 fully saturated rings. The van der Waals surface area contributed by atoms with Crippen molar-refractivity contribution in [1.29, 1.82) is 0 Å². The highest BCUT2D eigenvalue weighted by atomic mass is 35.5. The summed E-state index contributed by atoms with van der Waals surface area (Å²) in [6.07, 6.45) is 0.301. The Balaban J connectivity index is 1.68. The van der Waals surface area contributed by atoms with E-state index in [0.717, 1.165) is 0 Å². The van der Waals surface area contributed by atoms with Crippen molar-refractivity contribution in [1.82, 2.24) is 0 Å². The number of nitrogens with one attached hydrogen (secondary N) is 2. The number of hydrogen-bond acceptors (Lipinski definition) is 7. The van der Waals surface area contributed by atoms with Crippen molar-refractivity contribution in [2.24, 2.45) is 5.92 Å². The Morgan fingerprint density at radius 1 is 0.914 bits per heavy atom. The van der Waals surface area contributed by atoms with Crippen molar-refractivity contribution in [3.63, 3.8) is 0 Å². The second-order valence-electron chi connectivity index (χ2n) is 8.02. The molecular weight excluding hydrogens is 476 g/mol. The predicted molar refractivity (Wildman–Crippen MR) is 132 cm³/mol. The van der Waals surface area contributed by atoms with Crippen molar-refractivity contribution >= 4 is 46.7 Å². The van der Waals surface area contributed by atoms with E-state index in [-0.39, 0.29) is 31.1 Å². The second-order valence-corrected chi connectivity index (χ2v) is 8.46.